The Morgan fingerprint density at radius 2 is 2.33 bits per heavy atom. The van der Waals surface area contributed by atoms with Crippen LogP contribution in [0.5, 0.6) is 0 Å². The van der Waals surface area contributed by atoms with Crippen LogP contribution in [0.25, 0.3) is 0 Å². The zero-order valence-corrected chi connectivity index (χ0v) is 6.94. The van der Waals surface area contributed by atoms with E-state index in [0.717, 1.165) is 0 Å². The van der Waals surface area contributed by atoms with E-state index < -0.39 is 18.8 Å². The van der Waals surface area contributed by atoms with Crippen LogP contribution in [0.4, 0.5) is 0 Å². The number of nitrogens with zero attached hydrogens (tertiary/aromatic N) is 1. The third kappa shape index (κ3) is 4.64. The van der Waals surface area contributed by atoms with Crippen molar-refractivity contribution in [2.75, 3.05) is 13.7 Å². The lowest BCUT2D eigenvalue weighted by Crippen LogP contribution is -2.32. The number of aliphatic carboxylic acids is 1. The Hall–Kier alpha value is -1.14. The molecule has 0 aromatic rings. The summed E-state index contributed by atoms with van der Waals surface area (Å²) in [6.07, 6.45) is -0.904. The molecule has 0 radical (unpaired) electrons. The molecule has 0 rings (SSSR count). The first-order chi connectivity index (χ1) is 5.57. The smallest absolute Gasteiger partial charge is 0.344 e. The van der Waals surface area contributed by atoms with Crippen molar-refractivity contribution >= 4 is 11.7 Å². The Labute approximate surface area is 69.8 Å². The molecular formula is C6H12N2O4. The highest BCUT2D eigenvalue weighted by atomic mass is 16.6. The molecule has 6 nitrogen and oxygen atoms in total. The molecule has 0 bridgehead atoms. The Morgan fingerprint density at radius 1 is 1.75 bits per heavy atom. The average molecular weight is 176 g/mol. The molecule has 1 atom stereocenters. The highest BCUT2D eigenvalue weighted by Gasteiger charge is 2.04. The molecule has 0 amide bonds. The maximum Gasteiger partial charge on any atom is 0.344 e. The van der Waals surface area contributed by atoms with Crippen LogP contribution in [-0.2, 0) is 9.63 Å². The first kappa shape index (κ1) is 10.9. The van der Waals surface area contributed by atoms with E-state index in [1.807, 2.05) is 0 Å². The number of nitrogens with one attached hydrogen (secondary N) is 1. The van der Waals surface area contributed by atoms with Gasteiger partial charge in [-0.25, -0.2) is 4.79 Å². The molecule has 3 N–H and O–H groups in total. The van der Waals surface area contributed by atoms with Crippen molar-refractivity contribution in [1.29, 1.82) is 0 Å². The van der Waals surface area contributed by atoms with Gasteiger partial charge in [0.2, 0.25) is 6.61 Å². The first-order valence-corrected chi connectivity index (χ1v) is 3.31. The molecule has 6 heteroatoms. The van der Waals surface area contributed by atoms with Crippen LogP contribution in [0.15, 0.2) is 5.16 Å². The molecule has 1 unspecified atom stereocenters. The summed E-state index contributed by atoms with van der Waals surface area (Å²) in [5, 5.41) is 23.0. The number of carboxylic acids is 1. The van der Waals surface area contributed by atoms with Crippen LogP contribution in [0.1, 0.15) is 6.92 Å². The molecule has 0 heterocycles. The van der Waals surface area contributed by atoms with Crippen molar-refractivity contribution in [2.45, 2.75) is 13.2 Å². The second-order valence-corrected chi connectivity index (χ2v) is 2.09. The molecule has 0 aromatic heterocycles. The summed E-state index contributed by atoms with van der Waals surface area (Å²) in [6.45, 7) is 1.01. The number of carboxylic acid groups (broad SMARTS) is 1. The SMILES string of the molecule is CNC(O)/C(C)=N\OCC(=O)O. The van der Waals surface area contributed by atoms with E-state index in [1.54, 1.807) is 7.05 Å². The lowest BCUT2D eigenvalue weighted by atomic mass is 10.4. The summed E-state index contributed by atoms with van der Waals surface area (Å²) in [5.41, 5.74) is 0.277. The monoisotopic (exact) mass is 176 g/mol. The van der Waals surface area contributed by atoms with Gasteiger partial charge < -0.3 is 15.1 Å². The molecule has 0 aliphatic carbocycles. The molecule has 0 aromatic carbocycles. The fourth-order valence-corrected chi connectivity index (χ4v) is 0.448. The Morgan fingerprint density at radius 3 is 2.75 bits per heavy atom. The van der Waals surface area contributed by atoms with E-state index in [1.165, 1.54) is 6.92 Å². The number of hydrogen-bond donors (Lipinski definition) is 3. The number of rotatable bonds is 5. The summed E-state index contributed by atoms with van der Waals surface area (Å²) in [5.74, 6) is -1.11. The summed E-state index contributed by atoms with van der Waals surface area (Å²) < 4.78 is 0. The van der Waals surface area contributed by atoms with Gasteiger partial charge >= 0.3 is 5.97 Å². The van der Waals surface area contributed by atoms with Crippen LogP contribution in [0.2, 0.25) is 0 Å². The van der Waals surface area contributed by atoms with Crippen LogP contribution >= 0.6 is 0 Å². The van der Waals surface area contributed by atoms with Crippen molar-refractivity contribution in [3.05, 3.63) is 0 Å². The normalized spacial score (nSPS) is 14.1. The number of aliphatic hydroxyl groups excluding tert-OH is 1. The summed E-state index contributed by atoms with van der Waals surface area (Å²) in [6, 6.07) is 0. The average Bonchev–Trinajstić information content (AvgIpc) is 2.02. The zero-order chi connectivity index (χ0) is 9.56. The summed E-state index contributed by atoms with van der Waals surface area (Å²) in [4.78, 5) is 14.3. The second-order valence-electron chi connectivity index (χ2n) is 2.09. The van der Waals surface area contributed by atoms with Gasteiger partial charge in [-0.1, -0.05) is 5.16 Å². The number of oxime groups is 1. The quantitative estimate of drug-likeness (QED) is 0.284. The molecule has 0 spiro atoms. The Bertz CT molecular complexity index is 180. The highest BCUT2D eigenvalue weighted by molar-refractivity contribution is 5.85. The van der Waals surface area contributed by atoms with Gasteiger partial charge in [-0.3, -0.25) is 5.32 Å². The van der Waals surface area contributed by atoms with Gasteiger partial charge in [0.25, 0.3) is 0 Å². The van der Waals surface area contributed by atoms with Crippen molar-refractivity contribution in [2.24, 2.45) is 5.16 Å². The van der Waals surface area contributed by atoms with E-state index in [2.05, 4.69) is 15.3 Å². The van der Waals surface area contributed by atoms with Gasteiger partial charge in [0, 0.05) is 0 Å². The van der Waals surface area contributed by atoms with Crippen molar-refractivity contribution < 1.29 is 19.8 Å². The molecular weight excluding hydrogens is 164 g/mol. The van der Waals surface area contributed by atoms with Crippen LogP contribution in [-0.4, -0.2) is 41.8 Å². The summed E-state index contributed by atoms with van der Waals surface area (Å²) in [7, 11) is 1.54. The van der Waals surface area contributed by atoms with Gasteiger partial charge in [0.1, 0.15) is 6.23 Å². The van der Waals surface area contributed by atoms with Crippen molar-refractivity contribution in [1.82, 2.24) is 5.32 Å². The standard InChI is InChI=1S/C6H12N2O4/c1-4(6(11)7-2)8-12-3-5(9)10/h6-7,11H,3H2,1-2H3,(H,9,10)/b8-4-. The number of aliphatic hydroxyl groups is 1. The van der Waals surface area contributed by atoms with E-state index in [9.17, 15) is 4.79 Å². The number of carbonyl (C=O) groups is 1. The van der Waals surface area contributed by atoms with Gasteiger partial charge in [0.05, 0.1) is 5.71 Å². The molecule has 0 aliphatic rings. The van der Waals surface area contributed by atoms with E-state index >= 15 is 0 Å². The van der Waals surface area contributed by atoms with E-state index in [4.69, 9.17) is 10.2 Å². The topological polar surface area (TPSA) is 91.1 Å². The molecule has 0 saturated carbocycles. The fraction of sp³-hybridized carbons (Fsp3) is 0.667. The largest absolute Gasteiger partial charge is 0.479 e. The lowest BCUT2D eigenvalue weighted by molar-refractivity contribution is -0.142. The van der Waals surface area contributed by atoms with Crippen LogP contribution in [0.3, 0.4) is 0 Å². The first-order valence-electron chi connectivity index (χ1n) is 3.31. The van der Waals surface area contributed by atoms with E-state index in [0.29, 0.717) is 0 Å². The predicted octanol–water partition coefficient (Wildman–Crippen LogP) is -0.999. The van der Waals surface area contributed by atoms with Gasteiger partial charge in [-0.05, 0) is 14.0 Å². The van der Waals surface area contributed by atoms with Crippen molar-refractivity contribution in [3.63, 3.8) is 0 Å². The predicted molar refractivity (Wildman–Crippen MR) is 41.8 cm³/mol. The molecule has 0 fully saturated rings. The van der Waals surface area contributed by atoms with Gasteiger partial charge in [0.15, 0.2) is 0 Å². The maximum atomic E-state index is 9.95. The maximum absolute atomic E-state index is 9.95. The van der Waals surface area contributed by atoms with Gasteiger partial charge in [-0.2, -0.15) is 0 Å². The molecule has 12 heavy (non-hydrogen) atoms. The minimum atomic E-state index is -1.11. The number of hydrogen-bond acceptors (Lipinski definition) is 5. The third-order valence-electron chi connectivity index (χ3n) is 1.07. The minimum absolute atomic E-state index is 0.277. The highest BCUT2D eigenvalue weighted by Crippen LogP contribution is 1.85. The van der Waals surface area contributed by atoms with Gasteiger partial charge in [-0.15, -0.1) is 0 Å². The van der Waals surface area contributed by atoms with E-state index in [-0.39, 0.29) is 5.71 Å². The van der Waals surface area contributed by atoms with Crippen LogP contribution in [0, 0.1) is 0 Å². The van der Waals surface area contributed by atoms with Crippen molar-refractivity contribution in [3.8, 4) is 0 Å². The zero-order valence-electron chi connectivity index (χ0n) is 6.94. The summed E-state index contributed by atoms with van der Waals surface area (Å²) >= 11 is 0. The molecule has 0 saturated heterocycles. The second kappa shape index (κ2) is 5.50. The van der Waals surface area contributed by atoms with Crippen LogP contribution < -0.4 is 5.32 Å². The fourth-order valence-electron chi connectivity index (χ4n) is 0.448. The molecule has 0 aliphatic heterocycles. The molecule has 70 valence electrons. The Kier molecular flexibility index (Phi) is 4.98. The minimum Gasteiger partial charge on any atom is -0.479 e. The third-order valence-corrected chi connectivity index (χ3v) is 1.07. The Balaban J connectivity index is 3.76. The lowest BCUT2D eigenvalue weighted by Gasteiger charge is -2.06.